The normalized spacial score (nSPS) is 12.7. The zero-order chi connectivity index (χ0) is 20.9. The molecule has 2 N–H and O–H groups in total. The van der Waals surface area contributed by atoms with Crippen LogP contribution in [-0.4, -0.2) is 23.2 Å². The molecule has 3 aromatic carbocycles. The number of benzene rings is 3. The standard InChI is InChI=1S/C25H29NO3/c1-18(22-12-6-10-20-9-4-5-11-23(20)22)26-17-7-8-19-13-15-21(16-14-19)29-25(2,3)24(27)28/h4-6,9-16,18,26H,7-8,17H2,1-3H3,(H,27,28). The molecule has 29 heavy (non-hydrogen) atoms. The lowest BCUT2D eigenvalue weighted by atomic mass is 9.99. The molecule has 1 unspecified atom stereocenters. The van der Waals surface area contributed by atoms with E-state index in [2.05, 4.69) is 54.7 Å². The van der Waals surface area contributed by atoms with Gasteiger partial charge >= 0.3 is 5.97 Å². The number of hydrogen-bond donors (Lipinski definition) is 2. The average Bonchev–Trinajstić information content (AvgIpc) is 2.71. The molecule has 0 radical (unpaired) electrons. The third-order valence-corrected chi connectivity index (χ3v) is 5.19. The molecule has 1 atom stereocenters. The summed E-state index contributed by atoms with van der Waals surface area (Å²) >= 11 is 0. The number of carboxylic acid groups (broad SMARTS) is 1. The molecule has 0 heterocycles. The number of ether oxygens (including phenoxy) is 1. The average molecular weight is 392 g/mol. The van der Waals surface area contributed by atoms with E-state index in [9.17, 15) is 4.79 Å². The number of aliphatic carboxylic acids is 1. The molecule has 4 nitrogen and oxygen atoms in total. The number of nitrogens with one attached hydrogen (secondary N) is 1. The van der Waals surface area contributed by atoms with E-state index in [1.54, 1.807) is 13.8 Å². The Bertz CT molecular complexity index is 958. The van der Waals surface area contributed by atoms with E-state index in [4.69, 9.17) is 9.84 Å². The molecule has 0 aliphatic carbocycles. The predicted octanol–water partition coefficient (Wildman–Crippen LogP) is 5.37. The number of carbonyl (C=O) groups is 1. The number of rotatable bonds is 9. The fourth-order valence-corrected chi connectivity index (χ4v) is 3.41. The summed E-state index contributed by atoms with van der Waals surface area (Å²) in [7, 11) is 0. The summed E-state index contributed by atoms with van der Waals surface area (Å²) in [5.74, 6) is -0.406. The predicted molar refractivity (Wildman–Crippen MR) is 117 cm³/mol. The lowest BCUT2D eigenvalue weighted by Crippen LogP contribution is -2.37. The van der Waals surface area contributed by atoms with Gasteiger partial charge in [0.2, 0.25) is 0 Å². The smallest absolute Gasteiger partial charge is 0.347 e. The molecule has 0 amide bonds. The van der Waals surface area contributed by atoms with Crippen molar-refractivity contribution in [3.63, 3.8) is 0 Å². The Morgan fingerprint density at radius 1 is 1.03 bits per heavy atom. The Kier molecular flexibility index (Phi) is 6.55. The van der Waals surface area contributed by atoms with Crippen LogP contribution >= 0.6 is 0 Å². The highest BCUT2D eigenvalue weighted by molar-refractivity contribution is 5.86. The molecule has 3 aromatic rings. The van der Waals surface area contributed by atoms with E-state index >= 15 is 0 Å². The van der Waals surface area contributed by atoms with E-state index in [1.165, 1.54) is 21.9 Å². The maximum atomic E-state index is 11.2. The van der Waals surface area contributed by atoms with Crippen molar-refractivity contribution in [2.24, 2.45) is 0 Å². The van der Waals surface area contributed by atoms with Crippen LogP contribution in [0.15, 0.2) is 66.7 Å². The van der Waals surface area contributed by atoms with E-state index in [1.807, 2.05) is 24.3 Å². The second kappa shape index (κ2) is 9.10. The molecular weight excluding hydrogens is 362 g/mol. The van der Waals surface area contributed by atoms with Crippen molar-refractivity contribution in [1.82, 2.24) is 5.32 Å². The molecule has 0 aromatic heterocycles. The van der Waals surface area contributed by atoms with Gasteiger partial charge in [-0.2, -0.15) is 0 Å². The van der Waals surface area contributed by atoms with Gasteiger partial charge < -0.3 is 15.2 Å². The molecule has 4 heteroatoms. The van der Waals surface area contributed by atoms with Gasteiger partial charge in [0.15, 0.2) is 5.60 Å². The maximum Gasteiger partial charge on any atom is 0.347 e. The van der Waals surface area contributed by atoms with Crippen LogP contribution in [0.25, 0.3) is 10.8 Å². The summed E-state index contributed by atoms with van der Waals surface area (Å²) in [5.41, 5.74) is 1.30. The summed E-state index contributed by atoms with van der Waals surface area (Å²) < 4.78 is 5.55. The van der Waals surface area contributed by atoms with Gasteiger partial charge in [-0.1, -0.05) is 54.6 Å². The zero-order valence-electron chi connectivity index (χ0n) is 17.3. The Labute approximate surface area is 172 Å². The zero-order valence-corrected chi connectivity index (χ0v) is 17.3. The number of hydrogen-bond acceptors (Lipinski definition) is 3. The van der Waals surface area contributed by atoms with Crippen LogP contribution in [0.5, 0.6) is 5.75 Å². The minimum atomic E-state index is -1.23. The highest BCUT2D eigenvalue weighted by Gasteiger charge is 2.29. The van der Waals surface area contributed by atoms with Gasteiger partial charge in [0.1, 0.15) is 5.75 Å². The highest BCUT2D eigenvalue weighted by atomic mass is 16.5. The van der Waals surface area contributed by atoms with Crippen molar-refractivity contribution in [1.29, 1.82) is 0 Å². The number of carboxylic acids is 1. The van der Waals surface area contributed by atoms with Crippen molar-refractivity contribution in [2.45, 2.75) is 45.3 Å². The first-order valence-corrected chi connectivity index (χ1v) is 10.1. The molecule has 0 aliphatic rings. The monoisotopic (exact) mass is 391 g/mol. The fourth-order valence-electron chi connectivity index (χ4n) is 3.41. The first-order chi connectivity index (χ1) is 13.9. The van der Waals surface area contributed by atoms with Crippen LogP contribution in [0.2, 0.25) is 0 Å². The Hall–Kier alpha value is -2.85. The van der Waals surface area contributed by atoms with Gasteiger partial charge in [0, 0.05) is 6.04 Å². The highest BCUT2D eigenvalue weighted by Crippen LogP contribution is 2.24. The van der Waals surface area contributed by atoms with E-state index < -0.39 is 11.6 Å². The van der Waals surface area contributed by atoms with Crippen molar-refractivity contribution < 1.29 is 14.6 Å². The molecule has 0 fully saturated rings. The summed E-state index contributed by atoms with van der Waals surface area (Å²) in [4.78, 5) is 11.2. The van der Waals surface area contributed by atoms with Crippen LogP contribution in [-0.2, 0) is 11.2 Å². The first-order valence-electron chi connectivity index (χ1n) is 10.1. The SMILES string of the molecule is CC(NCCCc1ccc(OC(C)(C)C(=O)O)cc1)c1cccc2ccccc12. The van der Waals surface area contributed by atoms with E-state index in [0.717, 1.165) is 19.4 Å². The Morgan fingerprint density at radius 2 is 1.72 bits per heavy atom. The van der Waals surface area contributed by atoms with Crippen LogP contribution in [0.3, 0.4) is 0 Å². The molecule has 152 valence electrons. The molecule has 0 bridgehead atoms. The quantitative estimate of drug-likeness (QED) is 0.482. The molecule has 0 aliphatic heterocycles. The number of aryl methyl sites for hydroxylation is 1. The van der Waals surface area contributed by atoms with Gasteiger partial charge in [-0.3, -0.25) is 0 Å². The summed E-state index contributed by atoms with van der Waals surface area (Å²) in [6.45, 7) is 6.23. The summed E-state index contributed by atoms with van der Waals surface area (Å²) in [6, 6.07) is 22.9. The van der Waals surface area contributed by atoms with Crippen molar-refractivity contribution in [3.8, 4) is 5.75 Å². The molecule has 0 saturated heterocycles. The van der Waals surface area contributed by atoms with Crippen molar-refractivity contribution >= 4 is 16.7 Å². The number of fused-ring (bicyclic) bond motifs is 1. The fraction of sp³-hybridized carbons (Fsp3) is 0.320. The van der Waals surface area contributed by atoms with Crippen LogP contribution in [0.4, 0.5) is 0 Å². The van der Waals surface area contributed by atoms with Gasteiger partial charge in [0.05, 0.1) is 0 Å². The second-order valence-corrected chi connectivity index (χ2v) is 7.91. The first kappa shape index (κ1) is 20.9. The minimum absolute atomic E-state index is 0.287. The largest absolute Gasteiger partial charge is 0.478 e. The maximum absolute atomic E-state index is 11.2. The lowest BCUT2D eigenvalue weighted by molar-refractivity contribution is -0.152. The van der Waals surface area contributed by atoms with Crippen LogP contribution in [0.1, 0.15) is 44.4 Å². The summed E-state index contributed by atoms with van der Waals surface area (Å²) in [6.07, 6.45) is 1.98. The minimum Gasteiger partial charge on any atom is -0.478 e. The Balaban J connectivity index is 1.49. The summed E-state index contributed by atoms with van der Waals surface area (Å²) in [5, 5.41) is 15.4. The molecular formula is C25H29NO3. The van der Waals surface area contributed by atoms with Gasteiger partial charge in [-0.05, 0) is 74.2 Å². The van der Waals surface area contributed by atoms with Gasteiger partial charge in [0.25, 0.3) is 0 Å². The Morgan fingerprint density at radius 3 is 2.45 bits per heavy atom. The molecule has 0 spiro atoms. The van der Waals surface area contributed by atoms with E-state index in [0.29, 0.717) is 5.75 Å². The third-order valence-electron chi connectivity index (χ3n) is 5.19. The van der Waals surface area contributed by atoms with E-state index in [-0.39, 0.29) is 6.04 Å². The molecule has 3 rings (SSSR count). The topological polar surface area (TPSA) is 58.6 Å². The van der Waals surface area contributed by atoms with Gasteiger partial charge in [-0.25, -0.2) is 4.79 Å². The van der Waals surface area contributed by atoms with Crippen molar-refractivity contribution in [3.05, 3.63) is 77.9 Å². The molecule has 0 saturated carbocycles. The van der Waals surface area contributed by atoms with Crippen LogP contribution in [0, 0.1) is 0 Å². The van der Waals surface area contributed by atoms with Crippen molar-refractivity contribution in [2.75, 3.05) is 6.54 Å². The third kappa shape index (κ3) is 5.36. The second-order valence-electron chi connectivity index (χ2n) is 7.91. The van der Waals surface area contributed by atoms with Crippen LogP contribution < -0.4 is 10.1 Å². The lowest BCUT2D eigenvalue weighted by Gasteiger charge is -2.21. The van der Waals surface area contributed by atoms with Gasteiger partial charge in [-0.15, -0.1) is 0 Å².